The lowest BCUT2D eigenvalue weighted by Gasteiger charge is -2.41. The first-order valence-corrected chi connectivity index (χ1v) is 9.76. The number of methoxy groups -OCH3 is 1. The number of unbranched alkanes of at least 4 members (excludes halogenated alkanes) is 2. The largest absolute Gasteiger partial charge is 0.469 e. The van der Waals surface area contributed by atoms with Crippen LogP contribution in [0.2, 0.25) is 0 Å². The first kappa shape index (κ1) is 21.0. The summed E-state index contributed by atoms with van der Waals surface area (Å²) in [7, 11) is 5.22. The van der Waals surface area contributed by atoms with Gasteiger partial charge in [0.1, 0.15) is 18.2 Å². The Bertz CT molecular complexity index is 483. The monoisotopic (exact) mass is 370 g/mol. The van der Waals surface area contributed by atoms with Crippen LogP contribution in [0, 0.1) is 5.92 Å². The Balaban J connectivity index is 2.24. The van der Waals surface area contributed by atoms with E-state index in [0.29, 0.717) is 25.7 Å². The molecule has 0 aromatic heterocycles. The van der Waals surface area contributed by atoms with Crippen molar-refractivity contribution in [3.8, 4) is 0 Å². The zero-order valence-electron chi connectivity index (χ0n) is 16.8. The molecule has 0 N–H and O–H groups in total. The number of esters is 1. The summed E-state index contributed by atoms with van der Waals surface area (Å²) < 4.78 is 23.4. The van der Waals surface area contributed by atoms with Gasteiger partial charge in [0.15, 0.2) is 0 Å². The lowest BCUT2D eigenvalue weighted by Crippen LogP contribution is -2.56. The number of hydrogen-bond acceptors (Lipinski definition) is 7. The number of fused-ring (bicyclic) bond motifs is 1. The molecule has 5 atom stereocenters. The maximum Gasteiger partial charge on any atom is 0.311 e. The Kier molecular flexibility index (Phi) is 8.15. The van der Waals surface area contributed by atoms with Crippen LogP contribution in [0.4, 0.5) is 0 Å². The zero-order valence-corrected chi connectivity index (χ0v) is 16.8. The number of amidine groups is 1. The second-order valence-corrected chi connectivity index (χ2v) is 7.20. The molecule has 0 aromatic rings. The summed E-state index contributed by atoms with van der Waals surface area (Å²) in [6.07, 6.45) is 3.67. The number of carbonyl (C=O) groups is 1. The molecule has 1 fully saturated rings. The van der Waals surface area contributed by atoms with Crippen molar-refractivity contribution in [1.29, 1.82) is 0 Å². The van der Waals surface area contributed by atoms with E-state index in [9.17, 15) is 4.79 Å². The third-order valence-corrected chi connectivity index (χ3v) is 4.94. The third-order valence-electron chi connectivity index (χ3n) is 4.94. The van der Waals surface area contributed by atoms with Gasteiger partial charge in [0, 0.05) is 33.7 Å². The minimum atomic E-state index is -0.401. The van der Waals surface area contributed by atoms with Crippen molar-refractivity contribution in [2.75, 3.05) is 34.4 Å². The molecule has 2 aliphatic rings. The van der Waals surface area contributed by atoms with Gasteiger partial charge in [-0.05, 0) is 12.8 Å². The maximum atomic E-state index is 12.4. The summed E-state index contributed by atoms with van der Waals surface area (Å²) in [5.74, 6) is -0.669. The van der Waals surface area contributed by atoms with Gasteiger partial charge in [-0.3, -0.25) is 4.79 Å². The van der Waals surface area contributed by atoms with Crippen LogP contribution in [0.25, 0.3) is 0 Å². The summed E-state index contributed by atoms with van der Waals surface area (Å²) in [4.78, 5) is 19.0. The predicted molar refractivity (Wildman–Crippen MR) is 99.2 cm³/mol. The number of aliphatic imine (C=N–C) groups is 1. The molecular weight excluding hydrogens is 336 g/mol. The normalized spacial score (nSPS) is 30.3. The number of hydrogen-bond donors (Lipinski definition) is 0. The van der Waals surface area contributed by atoms with E-state index in [1.807, 2.05) is 19.0 Å². The fraction of sp³-hybridized carbons (Fsp3) is 0.895. The van der Waals surface area contributed by atoms with Gasteiger partial charge >= 0.3 is 5.97 Å². The Morgan fingerprint density at radius 2 is 1.77 bits per heavy atom. The molecule has 0 aromatic carbocycles. The Labute approximate surface area is 157 Å². The molecule has 7 heteroatoms. The van der Waals surface area contributed by atoms with Crippen molar-refractivity contribution < 1.29 is 23.7 Å². The molecule has 0 saturated heterocycles. The maximum absolute atomic E-state index is 12.4. The molecule has 0 bridgehead atoms. The lowest BCUT2D eigenvalue weighted by atomic mass is 9.79. The Morgan fingerprint density at radius 1 is 1.15 bits per heavy atom. The van der Waals surface area contributed by atoms with Crippen LogP contribution < -0.4 is 0 Å². The molecule has 0 radical (unpaired) electrons. The third kappa shape index (κ3) is 4.88. The lowest BCUT2D eigenvalue weighted by molar-refractivity contribution is -0.174. The molecular formula is C19H34N2O5. The van der Waals surface area contributed by atoms with Gasteiger partial charge < -0.3 is 23.8 Å². The van der Waals surface area contributed by atoms with E-state index in [1.54, 1.807) is 0 Å². The van der Waals surface area contributed by atoms with Gasteiger partial charge in [-0.2, -0.15) is 0 Å². The Hall–Kier alpha value is -1.34. The topological polar surface area (TPSA) is 69.6 Å². The van der Waals surface area contributed by atoms with Crippen molar-refractivity contribution in [3.63, 3.8) is 0 Å². The molecule has 1 aliphatic carbocycles. The zero-order chi connectivity index (χ0) is 19.1. The van der Waals surface area contributed by atoms with Gasteiger partial charge in [0.2, 0.25) is 0 Å². The second-order valence-electron chi connectivity index (χ2n) is 7.20. The van der Waals surface area contributed by atoms with E-state index in [1.165, 1.54) is 7.11 Å². The molecule has 1 aliphatic heterocycles. The minimum Gasteiger partial charge on any atom is -0.469 e. The van der Waals surface area contributed by atoms with Gasteiger partial charge in [-0.25, -0.2) is 4.99 Å². The van der Waals surface area contributed by atoms with E-state index in [0.717, 1.165) is 25.7 Å². The molecule has 26 heavy (non-hydrogen) atoms. The molecule has 150 valence electrons. The van der Waals surface area contributed by atoms with Crippen LogP contribution in [0.5, 0.6) is 0 Å². The fourth-order valence-corrected chi connectivity index (χ4v) is 3.46. The molecule has 0 amide bonds. The highest BCUT2D eigenvalue weighted by molar-refractivity contribution is 5.77. The van der Waals surface area contributed by atoms with Crippen LogP contribution in [-0.2, 0) is 23.7 Å². The molecule has 1 heterocycles. The van der Waals surface area contributed by atoms with E-state index >= 15 is 0 Å². The first-order chi connectivity index (χ1) is 12.5. The van der Waals surface area contributed by atoms with Gasteiger partial charge in [-0.1, -0.05) is 26.7 Å². The van der Waals surface area contributed by atoms with Crippen LogP contribution in [0.15, 0.2) is 4.99 Å². The van der Waals surface area contributed by atoms with E-state index in [-0.39, 0.29) is 30.3 Å². The number of nitrogens with zero attached hydrogens (tertiary/aromatic N) is 2. The van der Waals surface area contributed by atoms with Gasteiger partial charge in [-0.15, -0.1) is 0 Å². The van der Waals surface area contributed by atoms with E-state index in [2.05, 4.69) is 13.8 Å². The van der Waals surface area contributed by atoms with Gasteiger partial charge in [0.25, 0.3) is 6.02 Å². The van der Waals surface area contributed by atoms with Crippen molar-refractivity contribution in [1.82, 2.24) is 4.90 Å². The van der Waals surface area contributed by atoms with Crippen molar-refractivity contribution in [2.45, 2.75) is 70.3 Å². The number of carbonyl (C=O) groups excluding carboxylic acids is 1. The van der Waals surface area contributed by atoms with Crippen molar-refractivity contribution in [3.05, 3.63) is 0 Å². The van der Waals surface area contributed by atoms with Crippen LogP contribution in [-0.4, -0.2) is 75.7 Å². The summed E-state index contributed by atoms with van der Waals surface area (Å²) >= 11 is 0. The highest BCUT2D eigenvalue weighted by Crippen LogP contribution is 2.37. The predicted octanol–water partition coefficient (Wildman–Crippen LogP) is 2.23. The van der Waals surface area contributed by atoms with Crippen LogP contribution in [0.3, 0.4) is 0 Å². The summed E-state index contributed by atoms with van der Waals surface area (Å²) in [6, 6.07) is 0.429. The van der Waals surface area contributed by atoms with Gasteiger partial charge in [0.05, 0.1) is 19.1 Å². The average molecular weight is 370 g/mol. The molecule has 1 unspecified atom stereocenters. The number of rotatable bonds is 9. The molecule has 1 saturated carbocycles. The minimum absolute atomic E-state index is 0.156. The molecule has 2 rings (SSSR count). The summed E-state index contributed by atoms with van der Waals surface area (Å²) in [5.41, 5.74) is 0. The van der Waals surface area contributed by atoms with E-state index < -0.39 is 5.92 Å². The highest BCUT2D eigenvalue weighted by atomic mass is 16.6. The number of ether oxygens (including phenoxy) is 4. The average Bonchev–Trinajstić information content (AvgIpc) is 3.06. The van der Waals surface area contributed by atoms with Crippen molar-refractivity contribution in [2.24, 2.45) is 10.9 Å². The second kappa shape index (κ2) is 10.1. The SMILES string of the molecule is CCCCOC1[C@@H](C(=O)OC)C[C@@H]2OC(N(C)C)=N[C@@H]2[C@H]1OCCCC. The standard InChI is InChI=1S/C19H34N2O5/c1-6-8-10-24-16-13(18(22)23-5)12-14-15(17(16)25-11-9-7-2)20-19(26-14)21(3)4/h13-17H,6-12H2,1-5H3/t13-,14-,15-,16?,17+/m0/s1. The van der Waals surface area contributed by atoms with E-state index in [4.69, 9.17) is 23.9 Å². The Morgan fingerprint density at radius 3 is 2.31 bits per heavy atom. The summed E-state index contributed by atoms with van der Waals surface area (Å²) in [5, 5.41) is 0. The van der Waals surface area contributed by atoms with Crippen LogP contribution >= 0.6 is 0 Å². The quantitative estimate of drug-likeness (QED) is 0.458. The smallest absolute Gasteiger partial charge is 0.311 e. The molecule has 7 nitrogen and oxygen atoms in total. The fourth-order valence-electron chi connectivity index (χ4n) is 3.46. The highest BCUT2D eigenvalue weighted by Gasteiger charge is 2.53. The summed E-state index contributed by atoms with van der Waals surface area (Å²) in [6.45, 7) is 5.47. The van der Waals surface area contributed by atoms with Crippen molar-refractivity contribution >= 4 is 12.0 Å². The first-order valence-electron chi connectivity index (χ1n) is 9.76. The molecule has 0 spiro atoms. The van der Waals surface area contributed by atoms with Crippen LogP contribution in [0.1, 0.15) is 46.0 Å².